The lowest BCUT2D eigenvalue weighted by molar-refractivity contribution is -0.0163. The van der Waals surface area contributed by atoms with Crippen LogP contribution < -0.4 is 10.2 Å². The third-order valence-electron chi connectivity index (χ3n) is 4.21. The summed E-state index contributed by atoms with van der Waals surface area (Å²) in [6.45, 7) is 9.90. The van der Waals surface area contributed by atoms with Gasteiger partial charge in [0.15, 0.2) is 6.35 Å². The topological polar surface area (TPSA) is 38.7 Å². The lowest BCUT2D eigenvalue weighted by Gasteiger charge is -2.31. The highest BCUT2D eigenvalue weighted by Crippen LogP contribution is 2.28. The first kappa shape index (κ1) is 15.3. The Kier molecular flexibility index (Phi) is 5.40. The van der Waals surface area contributed by atoms with Gasteiger partial charge >= 0.3 is 0 Å². The number of aliphatic hydroxyl groups is 1. The fourth-order valence-electron chi connectivity index (χ4n) is 2.91. The second-order valence-corrected chi connectivity index (χ2v) is 5.42. The van der Waals surface area contributed by atoms with E-state index < -0.39 is 6.35 Å². The fraction of sp³-hybridized carbons (Fsp3) is 0.625. The molecule has 0 bridgehead atoms. The van der Waals surface area contributed by atoms with Gasteiger partial charge < -0.3 is 10.0 Å². The molecule has 0 radical (unpaired) electrons. The van der Waals surface area contributed by atoms with Crippen LogP contribution in [-0.2, 0) is 6.42 Å². The molecule has 4 heteroatoms. The van der Waals surface area contributed by atoms with Crippen LogP contribution in [0.15, 0.2) is 24.3 Å². The third kappa shape index (κ3) is 3.32. The molecule has 0 aliphatic carbocycles. The predicted molar refractivity (Wildman–Crippen MR) is 83.9 cm³/mol. The highest BCUT2D eigenvalue weighted by molar-refractivity contribution is 5.58. The van der Waals surface area contributed by atoms with Crippen molar-refractivity contribution in [3.8, 4) is 0 Å². The lowest BCUT2D eigenvalue weighted by Crippen LogP contribution is -2.50. The average Bonchev–Trinajstić information content (AvgIpc) is 2.90. The van der Waals surface area contributed by atoms with Crippen LogP contribution in [0.4, 0.5) is 5.69 Å². The zero-order valence-corrected chi connectivity index (χ0v) is 12.8. The first-order valence-electron chi connectivity index (χ1n) is 7.67. The monoisotopic (exact) mass is 277 g/mol. The van der Waals surface area contributed by atoms with Crippen molar-refractivity contribution in [2.75, 3.05) is 31.1 Å². The van der Waals surface area contributed by atoms with Crippen molar-refractivity contribution < 1.29 is 5.11 Å². The molecule has 2 N–H and O–H groups in total. The number of nitrogens with zero attached hydrogens (tertiary/aromatic N) is 2. The number of hydrogen-bond acceptors (Lipinski definition) is 4. The zero-order chi connectivity index (χ0) is 14.5. The van der Waals surface area contributed by atoms with E-state index in [1.54, 1.807) is 0 Å². The molecule has 1 heterocycles. The van der Waals surface area contributed by atoms with E-state index in [0.717, 1.165) is 32.6 Å². The van der Waals surface area contributed by atoms with Gasteiger partial charge in [-0.3, -0.25) is 10.2 Å². The second kappa shape index (κ2) is 7.07. The Labute approximate surface area is 122 Å². The SMILES string of the molecule is CCN(CC)C(O)NCC(C)N1CCc2ccccc21. The molecule has 20 heavy (non-hydrogen) atoms. The van der Waals surface area contributed by atoms with Crippen LogP contribution in [0, 0.1) is 0 Å². The van der Waals surface area contributed by atoms with E-state index in [9.17, 15) is 5.11 Å². The smallest absolute Gasteiger partial charge is 0.163 e. The summed E-state index contributed by atoms with van der Waals surface area (Å²) in [5, 5.41) is 13.3. The Balaban J connectivity index is 1.89. The summed E-state index contributed by atoms with van der Waals surface area (Å²) in [6, 6.07) is 8.99. The number of benzene rings is 1. The van der Waals surface area contributed by atoms with Crippen LogP contribution in [0.2, 0.25) is 0 Å². The summed E-state index contributed by atoms with van der Waals surface area (Å²) in [5.74, 6) is 0. The molecule has 0 saturated heterocycles. The number of fused-ring (bicyclic) bond motifs is 1. The molecule has 0 saturated carbocycles. The number of nitrogens with one attached hydrogen (secondary N) is 1. The Bertz CT molecular complexity index is 420. The summed E-state index contributed by atoms with van der Waals surface area (Å²) in [5.41, 5.74) is 2.78. The Morgan fingerprint density at radius 1 is 1.30 bits per heavy atom. The fourth-order valence-corrected chi connectivity index (χ4v) is 2.91. The van der Waals surface area contributed by atoms with Gasteiger partial charge in [-0.05, 0) is 38.1 Å². The Morgan fingerprint density at radius 2 is 2.00 bits per heavy atom. The van der Waals surface area contributed by atoms with Gasteiger partial charge in [-0.1, -0.05) is 32.0 Å². The van der Waals surface area contributed by atoms with Gasteiger partial charge in [-0.15, -0.1) is 0 Å². The van der Waals surface area contributed by atoms with E-state index in [0.29, 0.717) is 6.04 Å². The van der Waals surface area contributed by atoms with Crippen molar-refractivity contribution in [2.24, 2.45) is 0 Å². The summed E-state index contributed by atoms with van der Waals surface area (Å²) < 4.78 is 0. The number of rotatable bonds is 7. The second-order valence-electron chi connectivity index (χ2n) is 5.42. The van der Waals surface area contributed by atoms with Crippen molar-refractivity contribution in [3.05, 3.63) is 29.8 Å². The summed E-state index contributed by atoms with van der Waals surface area (Å²) >= 11 is 0. The Morgan fingerprint density at radius 3 is 2.70 bits per heavy atom. The lowest BCUT2D eigenvalue weighted by atomic mass is 10.2. The summed E-state index contributed by atoms with van der Waals surface area (Å²) in [7, 11) is 0. The predicted octanol–water partition coefficient (Wildman–Crippen LogP) is 1.64. The van der Waals surface area contributed by atoms with Crippen molar-refractivity contribution in [1.82, 2.24) is 10.2 Å². The molecule has 1 aliphatic heterocycles. The van der Waals surface area contributed by atoms with E-state index in [2.05, 4.69) is 55.3 Å². The van der Waals surface area contributed by atoms with Crippen LogP contribution in [0.1, 0.15) is 26.3 Å². The molecule has 0 aromatic heterocycles. The van der Waals surface area contributed by atoms with E-state index in [1.807, 2.05) is 4.90 Å². The van der Waals surface area contributed by atoms with E-state index in [-0.39, 0.29) is 0 Å². The number of aliphatic hydroxyl groups excluding tert-OH is 1. The van der Waals surface area contributed by atoms with Gasteiger partial charge in [0.1, 0.15) is 0 Å². The minimum absolute atomic E-state index is 0.379. The van der Waals surface area contributed by atoms with Gasteiger partial charge in [0.25, 0.3) is 0 Å². The van der Waals surface area contributed by atoms with E-state index in [1.165, 1.54) is 11.3 Å². The molecule has 1 aromatic rings. The quantitative estimate of drug-likeness (QED) is 0.743. The standard InChI is InChI=1S/C16H27N3O/c1-4-18(5-2)16(20)17-12-13(3)19-11-10-14-8-6-7-9-15(14)19/h6-9,13,16-17,20H,4-5,10-12H2,1-3H3. The van der Waals surface area contributed by atoms with E-state index in [4.69, 9.17) is 0 Å². The number of para-hydroxylation sites is 1. The van der Waals surface area contributed by atoms with Crippen molar-refractivity contribution in [3.63, 3.8) is 0 Å². The molecular formula is C16H27N3O. The highest BCUT2D eigenvalue weighted by atomic mass is 16.3. The van der Waals surface area contributed by atoms with Gasteiger partial charge in [0.2, 0.25) is 0 Å². The van der Waals surface area contributed by atoms with Crippen molar-refractivity contribution in [2.45, 2.75) is 39.6 Å². The van der Waals surface area contributed by atoms with Crippen LogP contribution >= 0.6 is 0 Å². The van der Waals surface area contributed by atoms with Crippen LogP contribution in [0.3, 0.4) is 0 Å². The van der Waals surface area contributed by atoms with Gasteiger partial charge in [-0.2, -0.15) is 0 Å². The van der Waals surface area contributed by atoms with Crippen molar-refractivity contribution >= 4 is 5.69 Å². The largest absolute Gasteiger partial charge is 0.367 e. The van der Waals surface area contributed by atoms with Gasteiger partial charge in [0.05, 0.1) is 0 Å². The highest BCUT2D eigenvalue weighted by Gasteiger charge is 2.23. The molecular weight excluding hydrogens is 250 g/mol. The molecule has 1 aliphatic rings. The molecule has 2 unspecified atom stereocenters. The maximum absolute atomic E-state index is 10.1. The molecule has 0 spiro atoms. The molecule has 4 nitrogen and oxygen atoms in total. The minimum atomic E-state index is -0.551. The maximum Gasteiger partial charge on any atom is 0.163 e. The number of anilines is 1. The third-order valence-corrected chi connectivity index (χ3v) is 4.21. The van der Waals surface area contributed by atoms with Gasteiger partial charge in [-0.25, -0.2) is 0 Å². The first-order valence-corrected chi connectivity index (χ1v) is 7.67. The maximum atomic E-state index is 10.1. The van der Waals surface area contributed by atoms with Crippen molar-refractivity contribution in [1.29, 1.82) is 0 Å². The number of hydrogen-bond donors (Lipinski definition) is 2. The summed E-state index contributed by atoms with van der Waals surface area (Å²) in [6.07, 6.45) is 0.573. The normalized spacial score (nSPS) is 17.4. The van der Waals surface area contributed by atoms with Crippen LogP contribution in [-0.4, -0.2) is 48.6 Å². The molecule has 1 aromatic carbocycles. The first-order chi connectivity index (χ1) is 9.67. The molecule has 0 fully saturated rings. The average molecular weight is 277 g/mol. The van der Waals surface area contributed by atoms with E-state index >= 15 is 0 Å². The molecule has 112 valence electrons. The summed E-state index contributed by atoms with van der Waals surface area (Å²) in [4.78, 5) is 4.43. The van der Waals surface area contributed by atoms with Crippen LogP contribution in [0.25, 0.3) is 0 Å². The molecule has 0 amide bonds. The van der Waals surface area contributed by atoms with Gasteiger partial charge in [0, 0.05) is 24.8 Å². The minimum Gasteiger partial charge on any atom is -0.367 e. The molecule has 2 atom stereocenters. The Hall–Kier alpha value is -1.10. The van der Waals surface area contributed by atoms with Crippen LogP contribution in [0.5, 0.6) is 0 Å². The zero-order valence-electron chi connectivity index (χ0n) is 12.8. The molecule has 2 rings (SSSR count).